The number of rotatable bonds is 4. The molecule has 1 aliphatic rings. The summed E-state index contributed by atoms with van der Waals surface area (Å²) < 4.78 is 1.65. The van der Waals surface area contributed by atoms with Gasteiger partial charge < -0.3 is 5.32 Å². The number of nitrogens with zero attached hydrogens (tertiary/aromatic N) is 4. The summed E-state index contributed by atoms with van der Waals surface area (Å²) in [5, 5.41) is 14.6. The molecule has 1 saturated carbocycles. The van der Waals surface area contributed by atoms with Crippen LogP contribution < -0.4 is 5.32 Å². The second kappa shape index (κ2) is 5.81. The molecule has 1 fully saturated rings. The SMILES string of the molecule is O=C(NCc1nnnn1-c1ccccc1)C1CCCC1. The van der Waals surface area contributed by atoms with Gasteiger partial charge in [0.15, 0.2) is 5.82 Å². The fourth-order valence-corrected chi connectivity index (χ4v) is 2.58. The Morgan fingerprint density at radius 2 is 2.00 bits per heavy atom. The van der Waals surface area contributed by atoms with Gasteiger partial charge in [-0.3, -0.25) is 4.79 Å². The summed E-state index contributed by atoms with van der Waals surface area (Å²) in [6.45, 7) is 0.358. The van der Waals surface area contributed by atoms with Crippen LogP contribution in [0.5, 0.6) is 0 Å². The molecule has 0 bridgehead atoms. The normalized spacial score (nSPS) is 15.4. The van der Waals surface area contributed by atoms with Crippen molar-refractivity contribution in [3.8, 4) is 5.69 Å². The van der Waals surface area contributed by atoms with E-state index in [1.165, 1.54) is 0 Å². The number of para-hydroxylation sites is 1. The van der Waals surface area contributed by atoms with Gasteiger partial charge in [-0.2, -0.15) is 4.68 Å². The zero-order valence-electron chi connectivity index (χ0n) is 11.2. The van der Waals surface area contributed by atoms with Crippen LogP contribution in [-0.2, 0) is 11.3 Å². The van der Waals surface area contributed by atoms with Crippen LogP contribution in [0.1, 0.15) is 31.5 Å². The van der Waals surface area contributed by atoms with E-state index in [-0.39, 0.29) is 11.8 Å². The first kappa shape index (κ1) is 12.8. The Balaban J connectivity index is 1.66. The molecule has 1 aromatic carbocycles. The van der Waals surface area contributed by atoms with Crippen LogP contribution in [0.2, 0.25) is 0 Å². The zero-order valence-corrected chi connectivity index (χ0v) is 11.2. The van der Waals surface area contributed by atoms with Gasteiger partial charge in [0, 0.05) is 5.92 Å². The number of carbonyl (C=O) groups excluding carboxylic acids is 1. The molecule has 104 valence electrons. The molecule has 1 aliphatic carbocycles. The van der Waals surface area contributed by atoms with Crippen LogP contribution in [0, 0.1) is 5.92 Å². The van der Waals surface area contributed by atoms with Crippen LogP contribution in [0.4, 0.5) is 0 Å². The third kappa shape index (κ3) is 2.68. The Kier molecular flexibility index (Phi) is 3.71. The maximum atomic E-state index is 12.0. The van der Waals surface area contributed by atoms with Crippen LogP contribution in [-0.4, -0.2) is 26.1 Å². The topological polar surface area (TPSA) is 72.7 Å². The van der Waals surface area contributed by atoms with E-state index in [1.807, 2.05) is 30.3 Å². The van der Waals surface area contributed by atoms with Crippen molar-refractivity contribution in [3.05, 3.63) is 36.2 Å². The van der Waals surface area contributed by atoms with Crippen molar-refractivity contribution in [2.45, 2.75) is 32.2 Å². The number of aromatic nitrogens is 4. The first-order valence-electron chi connectivity index (χ1n) is 6.95. The van der Waals surface area contributed by atoms with Crippen LogP contribution >= 0.6 is 0 Å². The Labute approximate surface area is 117 Å². The van der Waals surface area contributed by atoms with Gasteiger partial charge in [0.1, 0.15) is 0 Å². The third-order valence-corrected chi connectivity index (χ3v) is 3.68. The average molecular weight is 271 g/mol. The monoisotopic (exact) mass is 271 g/mol. The number of tetrazole rings is 1. The van der Waals surface area contributed by atoms with Crippen molar-refractivity contribution in [3.63, 3.8) is 0 Å². The number of amides is 1. The van der Waals surface area contributed by atoms with Crippen molar-refractivity contribution in [1.82, 2.24) is 25.5 Å². The van der Waals surface area contributed by atoms with E-state index >= 15 is 0 Å². The molecule has 0 spiro atoms. The molecular formula is C14H17N5O. The lowest BCUT2D eigenvalue weighted by Crippen LogP contribution is -2.29. The first-order chi connectivity index (χ1) is 9.84. The smallest absolute Gasteiger partial charge is 0.223 e. The summed E-state index contributed by atoms with van der Waals surface area (Å²) in [7, 11) is 0. The Bertz CT molecular complexity index is 574. The van der Waals surface area contributed by atoms with Crippen LogP contribution in [0.3, 0.4) is 0 Å². The minimum atomic E-state index is 0.116. The van der Waals surface area contributed by atoms with Crippen molar-refractivity contribution in [2.75, 3.05) is 0 Å². The number of hydrogen-bond acceptors (Lipinski definition) is 4. The second-order valence-corrected chi connectivity index (χ2v) is 5.04. The lowest BCUT2D eigenvalue weighted by molar-refractivity contribution is -0.125. The minimum Gasteiger partial charge on any atom is -0.348 e. The summed E-state index contributed by atoms with van der Waals surface area (Å²) >= 11 is 0. The molecule has 1 amide bonds. The molecule has 0 unspecified atom stereocenters. The van der Waals surface area contributed by atoms with Gasteiger partial charge in [-0.1, -0.05) is 31.0 Å². The lowest BCUT2D eigenvalue weighted by Gasteiger charge is -2.10. The van der Waals surface area contributed by atoms with Gasteiger partial charge >= 0.3 is 0 Å². The molecule has 0 atom stereocenters. The highest BCUT2D eigenvalue weighted by Gasteiger charge is 2.22. The summed E-state index contributed by atoms with van der Waals surface area (Å²) in [5.74, 6) is 0.920. The maximum Gasteiger partial charge on any atom is 0.223 e. The average Bonchev–Trinajstić information content (AvgIpc) is 3.17. The van der Waals surface area contributed by atoms with Crippen molar-refractivity contribution in [1.29, 1.82) is 0 Å². The molecule has 1 N–H and O–H groups in total. The van der Waals surface area contributed by atoms with Crippen molar-refractivity contribution >= 4 is 5.91 Å². The quantitative estimate of drug-likeness (QED) is 0.914. The van der Waals surface area contributed by atoms with Crippen LogP contribution in [0.25, 0.3) is 5.69 Å². The number of nitrogens with one attached hydrogen (secondary N) is 1. The van der Waals surface area contributed by atoms with Gasteiger partial charge in [-0.15, -0.1) is 5.10 Å². The Morgan fingerprint density at radius 1 is 1.25 bits per heavy atom. The Hall–Kier alpha value is -2.24. The van der Waals surface area contributed by atoms with Gasteiger partial charge in [0.25, 0.3) is 0 Å². The molecule has 6 heteroatoms. The highest BCUT2D eigenvalue weighted by atomic mass is 16.1. The third-order valence-electron chi connectivity index (χ3n) is 3.68. The van der Waals surface area contributed by atoms with Crippen LogP contribution in [0.15, 0.2) is 30.3 Å². The Morgan fingerprint density at radius 3 is 2.75 bits per heavy atom. The highest BCUT2D eigenvalue weighted by Crippen LogP contribution is 2.24. The summed E-state index contributed by atoms with van der Waals surface area (Å²) in [6.07, 6.45) is 4.30. The first-order valence-corrected chi connectivity index (χ1v) is 6.95. The lowest BCUT2D eigenvalue weighted by atomic mass is 10.1. The zero-order chi connectivity index (χ0) is 13.8. The maximum absolute atomic E-state index is 12.0. The van der Waals surface area contributed by atoms with Crippen molar-refractivity contribution < 1.29 is 4.79 Å². The fraction of sp³-hybridized carbons (Fsp3) is 0.429. The minimum absolute atomic E-state index is 0.116. The number of benzene rings is 1. The van der Waals surface area contributed by atoms with E-state index in [2.05, 4.69) is 20.8 Å². The van der Waals surface area contributed by atoms with Gasteiger partial charge in [0.05, 0.1) is 12.2 Å². The summed E-state index contributed by atoms with van der Waals surface area (Å²) in [4.78, 5) is 12.0. The van der Waals surface area contributed by atoms with E-state index in [0.717, 1.165) is 31.4 Å². The predicted molar refractivity (Wildman–Crippen MR) is 73.0 cm³/mol. The molecule has 20 heavy (non-hydrogen) atoms. The molecule has 0 aliphatic heterocycles. The molecule has 3 rings (SSSR count). The summed E-state index contributed by atoms with van der Waals surface area (Å²) in [6, 6.07) is 9.66. The summed E-state index contributed by atoms with van der Waals surface area (Å²) in [5.41, 5.74) is 0.891. The molecule has 1 aromatic heterocycles. The molecule has 1 heterocycles. The molecule has 6 nitrogen and oxygen atoms in total. The molecule has 0 radical (unpaired) electrons. The van der Waals surface area contributed by atoms with Gasteiger partial charge in [0.2, 0.25) is 5.91 Å². The number of carbonyl (C=O) groups is 1. The molecular weight excluding hydrogens is 254 g/mol. The second-order valence-electron chi connectivity index (χ2n) is 5.04. The highest BCUT2D eigenvalue weighted by molar-refractivity contribution is 5.78. The standard InChI is InChI=1S/C14H17N5O/c20-14(11-6-4-5-7-11)15-10-13-16-17-18-19(13)12-8-2-1-3-9-12/h1-3,8-9,11H,4-7,10H2,(H,15,20). The van der Waals surface area contributed by atoms with E-state index in [1.54, 1.807) is 4.68 Å². The van der Waals surface area contributed by atoms with Gasteiger partial charge in [-0.25, -0.2) is 0 Å². The van der Waals surface area contributed by atoms with E-state index in [4.69, 9.17) is 0 Å². The molecule has 0 saturated heterocycles. The molecule has 2 aromatic rings. The number of hydrogen-bond donors (Lipinski definition) is 1. The predicted octanol–water partition coefficient (Wildman–Crippen LogP) is 1.47. The van der Waals surface area contributed by atoms with E-state index < -0.39 is 0 Å². The van der Waals surface area contributed by atoms with Crippen molar-refractivity contribution in [2.24, 2.45) is 5.92 Å². The van der Waals surface area contributed by atoms with E-state index in [9.17, 15) is 4.79 Å². The fourth-order valence-electron chi connectivity index (χ4n) is 2.58. The van der Waals surface area contributed by atoms with Gasteiger partial charge in [-0.05, 0) is 35.4 Å². The van der Waals surface area contributed by atoms with E-state index in [0.29, 0.717) is 12.4 Å². The largest absolute Gasteiger partial charge is 0.348 e.